The Morgan fingerprint density at radius 1 is 1.33 bits per heavy atom. The van der Waals surface area contributed by atoms with Crippen LogP contribution >= 0.6 is 11.3 Å². The van der Waals surface area contributed by atoms with Gasteiger partial charge in [0, 0.05) is 42.5 Å². The van der Waals surface area contributed by atoms with E-state index in [4.69, 9.17) is 4.74 Å². The molecule has 0 aliphatic carbocycles. The summed E-state index contributed by atoms with van der Waals surface area (Å²) in [5.74, 6) is 0. The summed E-state index contributed by atoms with van der Waals surface area (Å²) in [6, 6.07) is 10.8. The van der Waals surface area contributed by atoms with Crippen molar-refractivity contribution in [1.82, 2.24) is 14.9 Å². The van der Waals surface area contributed by atoms with E-state index in [9.17, 15) is 0 Å². The molecule has 0 unspecified atom stereocenters. The molecule has 0 aliphatic rings. The Kier molecular flexibility index (Phi) is 4.65. The minimum absolute atomic E-state index is 0.731. The van der Waals surface area contributed by atoms with Gasteiger partial charge in [0.1, 0.15) is 0 Å². The standard InChI is InChI=1S/C16H19N3OS/c1-20-7-6-17-9-14-8-13-4-2-3-5-16(13)19(14)11-15-10-18-12-21-15/h2-5,8,10,12,17H,6-7,9,11H2,1H3. The van der Waals surface area contributed by atoms with Crippen LogP contribution in [-0.4, -0.2) is 29.8 Å². The Hall–Kier alpha value is -1.69. The average molecular weight is 301 g/mol. The van der Waals surface area contributed by atoms with Gasteiger partial charge in [-0.3, -0.25) is 4.98 Å². The fourth-order valence-electron chi connectivity index (χ4n) is 2.47. The summed E-state index contributed by atoms with van der Waals surface area (Å²) in [6.45, 7) is 3.31. The van der Waals surface area contributed by atoms with Crippen LogP contribution in [0.1, 0.15) is 10.6 Å². The third-order valence-corrected chi connectivity index (χ3v) is 4.25. The van der Waals surface area contributed by atoms with Gasteiger partial charge < -0.3 is 14.6 Å². The molecule has 3 rings (SSSR count). The van der Waals surface area contributed by atoms with Crippen molar-refractivity contribution in [2.75, 3.05) is 20.3 Å². The Morgan fingerprint density at radius 2 is 2.24 bits per heavy atom. The number of thiazole rings is 1. The van der Waals surface area contributed by atoms with Crippen molar-refractivity contribution in [3.8, 4) is 0 Å². The SMILES string of the molecule is COCCNCc1cc2ccccc2n1Cc1cncs1. The highest BCUT2D eigenvalue weighted by atomic mass is 32.1. The largest absolute Gasteiger partial charge is 0.383 e. The van der Waals surface area contributed by atoms with Crippen LogP contribution in [0.5, 0.6) is 0 Å². The molecule has 4 nitrogen and oxygen atoms in total. The number of nitrogens with zero attached hydrogens (tertiary/aromatic N) is 2. The number of ether oxygens (including phenoxy) is 1. The fourth-order valence-corrected chi connectivity index (χ4v) is 3.05. The zero-order valence-corrected chi connectivity index (χ0v) is 12.9. The van der Waals surface area contributed by atoms with Crippen molar-refractivity contribution in [2.45, 2.75) is 13.1 Å². The highest BCUT2D eigenvalue weighted by Gasteiger charge is 2.09. The molecule has 0 saturated carbocycles. The van der Waals surface area contributed by atoms with Crippen molar-refractivity contribution < 1.29 is 4.74 Å². The molecule has 0 amide bonds. The summed E-state index contributed by atoms with van der Waals surface area (Å²) in [6.07, 6.45) is 1.95. The second-order valence-electron chi connectivity index (χ2n) is 4.92. The predicted octanol–water partition coefficient (Wildman–Crippen LogP) is 2.88. The van der Waals surface area contributed by atoms with Gasteiger partial charge in [-0.05, 0) is 17.5 Å². The van der Waals surface area contributed by atoms with Crippen LogP contribution in [0, 0.1) is 0 Å². The molecule has 5 heteroatoms. The number of para-hydroxylation sites is 1. The van der Waals surface area contributed by atoms with Crippen LogP contribution < -0.4 is 5.32 Å². The summed E-state index contributed by atoms with van der Waals surface area (Å²) in [5, 5.41) is 4.71. The van der Waals surface area contributed by atoms with Crippen molar-refractivity contribution >= 4 is 22.2 Å². The van der Waals surface area contributed by atoms with E-state index in [1.807, 2.05) is 11.7 Å². The fraction of sp³-hybridized carbons (Fsp3) is 0.312. The van der Waals surface area contributed by atoms with Crippen LogP contribution in [0.3, 0.4) is 0 Å². The molecule has 1 aromatic carbocycles. The van der Waals surface area contributed by atoms with E-state index in [1.54, 1.807) is 18.4 Å². The molecule has 2 heterocycles. The van der Waals surface area contributed by atoms with Crippen molar-refractivity contribution in [1.29, 1.82) is 0 Å². The number of hydrogen-bond donors (Lipinski definition) is 1. The molecule has 0 aliphatic heterocycles. The minimum atomic E-state index is 0.731. The first-order chi connectivity index (χ1) is 10.4. The highest BCUT2D eigenvalue weighted by molar-refractivity contribution is 7.09. The molecule has 0 radical (unpaired) electrons. The third-order valence-electron chi connectivity index (χ3n) is 3.48. The maximum absolute atomic E-state index is 5.08. The van der Waals surface area contributed by atoms with Crippen molar-refractivity contribution in [2.24, 2.45) is 0 Å². The van der Waals surface area contributed by atoms with E-state index >= 15 is 0 Å². The van der Waals surface area contributed by atoms with Gasteiger partial charge >= 0.3 is 0 Å². The average Bonchev–Trinajstić information content (AvgIpc) is 3.13. The van der Waals surface area contributed by atoms with Gasteiger partial charge in [0.05, 0.1) is 18.7 Å². The normalized spacial score (nSPS) is 11.3. The molecule has 1 N–H and O–H groups in total. The number of rotatable bonds is 7. The summed E-state index contributed by atoms with van der Waals surface area (Å²) < 4.78 is 7.44. The molecule has 110 valence electrons. The number of benzene rings is 1. The second-order valence-corrected chi connectivity index (χ2v) is 5.89. The summed E-state index contributed by atoms with van der Waals surface area (Å²) in [5.41, 5.74) is 4.45. The smallest absolute Gasteiger partial charge is 0.0794 e. The first-order valence-electron chi connectivity index (χ1n) is 7.02. The summed E-state index contributed by atoms with van der Waals surface area (Å²) >= 11 is 1.70. The number of fused-ring (bicyclic) bond motifs is 1. The van der Waals surface area contributed by atoms with E-state index in [2.05, 4.69) is 45.2 Å². The predicted molar refractivity (Wildman–Crippen MR) is 86.7 cm³/mol. The Morgan fingerprint density at radius 3 is 3.05 bits per heavy atom. The van der Waals surface area contributed by atoms with E-state index in [-0.39, 0.29) is 0 Å². The van der Waals surface area contributed by atoms with Crippen LogP contribution in [0.25, 0.3) is 10.9 Å². The van der Waals surface area contributed by atoms with Gasteiger partial charge in [-0.2, -0.15) is 0 Å². The molecule has 3 aromatic rings. The molecule has 0 bridgehead atoms. The molecular formula is C16H19N3OS. The Labute approximate surface area is 128 Å². The lowest BCUT2D eigenvalue weighted by Gasteiger charge is -2.10. The molecule has 0 atom stereocenters. The number of methoxy groups -OCH3 is 1. The van der Waals surface area contributed by atoms with E-state index in [0.717, 1.165) is 26.2 Å². The Bertz CT molecular complexity index is 691. The zero-order chi connectivity index (χ0) is 14.5. The maximum atomic E-state index is 5.08. The first-order valence-corrected chi connectivity index (χ1v) is 7.90. The lowest BCUT2D eigenvalue weighted by Crippen LogP contribution is -2.20. The molecular weight excluding hydrogens is 282 g/mol. The van der Waals surface area contributed by atoms with Crippen LogP contribution in [0.15, 0.2) is 42.0 Å². The third kappa shape index (κ3) is 3.32. The Balaban J connectivity index is 1.86. The molecule has 0 spiro atoms. The van der Waals surface area contributed by atoms with Crippen LogP contribution in [-0.2, 0) is 17.8 Å². The van der Waals surface area contributed by atoms with E-state index < -0.39 is 0 Å². The number of nitrogens with one attached hydrogen (secondary N) is 1. The van der Waals surface area contributed by atoms with Crippen LogP contribution in [0.2, 0.25) is 0 Å². The first kappa shape index (κ1) is 14.3. The van der Waals surface area contributed by atoms with Crippen LogP contribution in [0.4, 0.5) is 0 Å². The quantitative estimate of drug-likeness (QED) is 0.682. The lowest BCUT2D eigenvalue weighted by atomic mass is 10.2. The zero-order valence-electron chi connectivity index (χ0n) is 12.1. The van der Waals surface area contributed by atoms with Gasteiger partial charge in [0.15, 0.2) is 0 Å². The van der Waals surface area contributed by atoms with Gasteiger partial charge in [0.2, 0.25) is 0 Å². The highest BCUT2D eigenvalue weighted by Crippen LogP contribution is 2.22. The maximum Gasteiger partial charge on any atom is 0.0794 e. The van der Waals surface area contributed by atoms with Gasteiger partial charge in [-0.25, -0.2) is 0 Å². The summed E-state index contributed by atoms with van der Waals surface area (Å²) in [4.78, 5) is 5.44. The second kappa shape index (κ2) is 6.85. The van der Waals surface area contributed by atoms with E-state index in [0.29, 0.717) is 0 Å². The number of hydrogen-bond acceptors (Lipinski definition) is 4. The molecule has 0 saturated heterocycles. The topological polar surface area (TPSA) is 39.1 Å². The molecule has 21 heavy (non-hydrogen) atoms. The van der Waals surface area contributed by atoms with Gasteiger partial charge in [-0.1, -0.05) is 18.2 Å². The van der Waals surface area contributed by atoms with E-state index in [1.165, 1.54) is 21.5 Å². The van der Waals surface area contributed by atoms with Gasteiger partial charge in [0.25, 0.3) is 0 Å². The summed E-state index contributed by atoms with van der Waals surface area (Å²) in [7, 11) is 1.72. The lowest BCUT2D eigenvalue weighted by molar-refractivity contribution is 0.199. The van der Waals surface area contributed by atoms with Crippen molar-refractivity contribution in [3.05, 3.63) is 52.6 Å². The minimum Gasteiger partial charge on any atom is -0.383 e. The molecule has 0 fully saturated rings. The molecule has 2 aromatic heterocycles. The van der Waals surface area contributed by atoms with Crippen molar-refractivity contribution in [3.63, 3.8) is 0 Å². The number of aromatic nitrogens is 2. The van der Waals surface area contributed by atoms with Gasteiger partial charge in [-0.15, -0.1) is 11.3 Å². The monoisotopic (exact) mass is 301 g/mol.